The molecule has 0 aliphatic rings. The van der Waals surface area contributed by atoms with Crippen molar-refractivity contribution in [3.8, 4) is 11.1 Å². The smallest absolute Gasteiger partial charge is 0.137 e. The molecule has 9 rings (SSSR count). The topological polar surface area (TPSA) is 16.4 Å². The summed E-state index contributed by atoms with van der Waals surface area (Å²) in [4.78, 5) is 2.40. The molecule has 0 N–H and O–H groups in total. The SMILES string of the molecule is c1ccc(-c2ccc(N(c3ccc4c(c3)oc3ccccc34)c3cc4ccccc4c4sc5ccccc5c34)cc2)cc1. The quantitative estimate of drug-likeness (QED) is 0.210. The largest absolute Gasteiger partial charge is 0.456 e. The highest BCUT2D eigenvalue weighted by molar-refractivity contribution is 7.26. The second kappa shape index (κ2) is 9.59. The number of furan rings is 1. The van der Waals surface area contributed by atoms with Crippen LogP contribution in [0.4, 0.5) is 17.1 Å². The fourth-order valence-corrected chi connectivity index (χ4v) is 7.69. The summed E-state index contributed by atoms with van der Waals surface area (Å²) < 4.78 is 8.98. The van der Waals surface area contributed by atoms with E-state index in [2.05, 4.69) is 144 Å². The zero-order valence-electron chi connectivity index (χ0n) is 23.2. The highest BCUT2D eigenvalue weighted by Crippen LogP contribution is 2.48. The lowest BCUT2D eigenvalue weighted by atomic mass is 10.0. The van der Waals surface area contributed by atoms with Gasteiger partial charge in [-0.25, -0.2) is 0 Å². The number of hydrogen-bond acceptors (Lipinski definition) is 3. The van der Waals surface area contributed by atoms with Crippen molar-refractivity contribution in [2.45, 2.75) is 0 Å². The standard InChI is InChI=1S/C40H25NOS/c1-2-10-26(11-3-1)27-18-20-29(21-19-27)41(30-22-23-33-32-14-6-8-16-36(32)42-37(33)25-30)35-24-28-12-4-5-13-31(28)40-39(35)34-15-7-9-17-38(34)43-40/h1-25H. The summed E-state index contributed by atoms with van der Waals surface area (Å²) in [7, 11) is 0. The third kappa shape index (κ3) is 3.86. The molecule has 0 unspecified atom stereocenters. The molecule has 43 heavy (non-hydrogen) atoms. The lowest BCUT2D eigenvalue weighted by molar-refractivity contribution is 0.669. The van der Waals surface area contributed by atoms with Gasteiger partial charge in [0.25, 0.3) is 0 Å². The van der Waals surface area contributed by atoms with Crippen LogP contribution in [-0.2, 0) is 0 Å². The van der Waals surface area contributed by atoms with Crippen LogP contribution >= 0.6 is 11.3 Å². The fourth-order valence-electron chi connectivity index (χ4n) is 6.43. The molecule has 2 nitrogen and oxygen atoms in total. The number of nitrogens with zero attached hydrogens (tertiary/aromatic N) is 1. The Bertz CT molecular complexity index is 2450. The summed E-state index contributed by atoms with van der Waals surface area (Å²) in [6.07, 6.45) is 0. The Morgan fingerprint density at radius 2 is 1.12 bits per heavy atom. The van der Waals surface area contributed by atoms with Gasteiger partial charge in [0, 0.05) is 48.4 Å². The second-order valence-electron chi connectivity index (χ2n) is 10.9. The molecule has 0 radical (unpaired) electrons. The summed E-state index contributed by atoms with van der Waals surface area (Å²) in [6, 6.07) is 54.2. The lowest BCUT2D eigenvalue weighted by Gasteiger charge is -2.27. The molecule has 0 atom stereocenters. The zero-order valence-corrected chi connectivity index (χ0v) is 24.0. The summed E-state index contributed by atoms with van der Waals surface area (Å²) in [5.74, 6) is 0. The molecule has 0 bridgehead atoms. The van der Waals surface area contributed by atoms with E-state index < -0.39 is 0 Å². The first-order valence-corrected chi connectivity index (χ1v) is 15.3. The molecule has 3 heteroatoms. The van der Waals surface area contributed by atoms with Crippen molar-refractivity contribution in [1.82, 2.24) is 0 Å². The first-order valence-electron chi connectivity index (χ1n) is 14.5. The van der Waals surface area contributed by atoms with Crippen molar-refractivity contribution in [2.75, 3.05) is 4.90 Å². The monoisotopic (exact) mass is 567 g/mol. The highest BCUT2D eigenvalue weighted by atomic mass is 32.1. The normalized spacial score (nSPS) is 11.7. The Kier molecular flexibility index (Phi) is 5.40. The van der Waals surface area contributed by atoms with Crippen molar-refractivity contribution in [2.24, 2.45) is 0 Å². The first kappa shape index (κ1) is 24.2. The van der Waals surface area contributed by atoms with Gasteiger partial charge >= 0.3 is 0 Å². The molecule has 0 fully saturated rings. The molecule has 7 aromatic carbocycles. The van der Waals surface area contributed by atoms with Gasteiger partial charge in [-0.2, -0.15) is 0 Å². The Morgan fingerprint density at radius 3 is 1.98 bits per heavy atom. The number of rotatable bonds is 4. The number of hydrogen-bond donors (Lipinski definition) is 0. The van der Waals surface area contributed by atoms with Crippen molar-refractivity contribution in [3.63, 3.8) is 0 Å². The number of para-hydroxylation sites is 1. The lowest BCUT2D eigenvalue weighted by Crippen LogP contribution is -2.10. The third-order valence-corrected chi connectivity index (χ3v) is 9.65. The van der Waals surface area contributed by atoms with Gasteiger partial charge in [-0.3, -0.25) is 0 Å². The number of fused-ring (bicyclic) bond motifs is 8. The van der Waals surface area contributed by atoms with Crippen LogP contribution in [0.3, 0.4) is 0 Å². The van der Waals surface area contributed by atoms with Gasteiger partial charge in [0.15, 0.2) is 0 Å². The van der Waals surface area contributed by atoms with E-state index in [4.69, 9.17) is 4.42 Å². The molecule has 0 aliphatic heterocycles. The molecular formula is C40H25NOS. The van der Waals surface area contributed by atoms with Crippen molar-refractivity contribution < 1.29 is 4.42 Å². The Labute approximate surface area is 252 Å². The third-order valence-electron chi connectivity index (χ3n) is 8.44. The van der Waals surface area contributed by atoms with E-state index in [-0.39, 0.29) is 0 Å². The highest BCUT2D eigenvalue weighted by Gasteiger charge is 2.21. The molecular weight excluding hydrogens is 543 g/mol. The van der Waals surface area contributed by atoms with Gasteiger partial charge in [-0.1, -0.05) is 103 Å². The number of benzene rings is 7. The molecule has 0 saturated carbocycles. The number of thiophene rings is 1. The summed E-state index contributed by atoms with van der Waals surface area (Å²) in [5.41, 5.74) is 7.52. The minimum absolute atomic E-state index is 0.886. The van der Waals surface area contributed by atoms with Gasteiger partial charge in [0.1, 0.15) is 11.2 Å². The molecule has 202 valence electrons. The minimum Gasteiger partial charge on any atom is -0.456 e. The van der Waals surface area contributed by atoms with Gasteiger partial charge in [-0.05, 0) is 64.4 Å². The Hall–Kier alpha value is -5.38. The average molecular weight is 568 g/mol. The van der Waals surface area contributed by atoms with Gasteiger partial charge in [0.05, 0.1) is 5.69 Å². The molecule has 0 aliphatic carbocycles. The summed E-state index contributed by atoms with van der Waals surface area (Å²) in [5, 5.41) is 7.33. The van der Waals surface area contributed by atoms with Crippen LogP contribution in [-0.4, -0.2) is 0 Å². The number of anilines is 3. The molecule has 2 heterocycles. The van der Waals surface area contributed by atoms with E-state index in [1.54, 1.807) is 0 Å². The summed E-state index contributed by atoms with van der Waals surface area (Å²) in [6.45, 7) is 0. The molecule has 0 amide bonds. The molecule has 0 saturated heterocycles. The molecule has 9 aromatic rings. The van der Waals surface area contributed by atoms with Crippen LogP contribution in [0.2, 0.25) is 0 Å². The van der Waals surface area contributed by atoms with E-state index in [0.717, 1.165) is 39.0 Å². The van der Waals surface area contributed by atoms with E-state index in [1.165, 1.54) is 42.1 Å². The van der Waals surface area contributed by atoms with Gasteiger partial charge < -0.3 is 9.32 Å². The van der Waals surface area contributed by atoms with Crippen molar-refractivity contribution in [3.05, 3.63) is 152 Å². The summed E-state index contributed by atoms with van der Waals surface area (Å²) >= 11 is 1.87. The Morgan fingerprint density at radius 1 is 0.465 bits per heavy atom. The fraction of sp³-hybridized carbons (Fsp3) is 0. The maximum absolute atomic E-state index is 6.38. The van der Waals surface area contributed by atoms with Crippen LogP contribution in [0, 0.1) is 0 Å². The maximum Gasteiger partial charge on any atom is 0.137 e. The van der Waals surface area contributed by atoms with Crippen LogP contribution < -0.4 is 4.90 Å². The second-order valence-corrected chi connectivity index (χ2v) is 12.0. The average Bonchev–Trinajstić information content (AvgIpc) is 3.64. The Balaban J connectivity index is 1.34. The van der Waals surface area contributed by atoms with E-state index in [1.807, 2.05) is 23.5 Å². The molecule has 2 aromatic heterocycles. The van der Waals surface area contributed by atoms with E-state index in [9.17, 15) is 0 Å². The van der Waals surface area contributed by atoms with Gasteiger partial charge in [0.2, 0.25) is 0 Å². The predicted molar refractivity (Wildman–Crippen MR) is 184 cm³/mol. The van der Waals surface area contributed by atoms with Crippen LogP contribution in [0.15, 0.2) is 156 Å². The molecule has 0 spiro atoms. The van der Waals surface area contributed by atoms with Crippen molar-refractivity contribution in [1.29, 1.82) is 0 Å². The zero-order chi connectivity index (χ0) is 28.3. The van der Waals surface area contributed by atoms with Crippen LogP contribution in [0.1, 0.15) is 0 Å². The van der Waals surface area contributed by atoms with Crippen LogP contribution in [0.5, 0.6) is 0 Å². The maximum atomic E-state index is 6.38. The van der Waals surface area contributed by atoms with Crippen LogP contribution in [0.25, 0.3) is 64.0 Å². The van der Waals surface area contributed by atoms with E-state index >= 15 is 0 Å². The van der Waals surface area contributed by atoms with E-state index in [0.29, 0.717) is 0 Å². The van der Waals surface area contributed by atoms with Gasteiger partial charge in [-0.15, -0.1) is 11.3 Å². The first-order chi connectivity index (χ1) is 21.3. The predicted octanol–water partition coefficient (Wildman–Crippen LogP) is 12.2. The minimum atomic E-state index is 0.886. The van der Waals surface area contributed by atoms with Crippen molar-refractivity contribution >= 4 is 81.3 Å².